The van der Waals surface area contributed by atoms with Crippen molar-refractivity contribution in [2.45, 2.75) is 26.8 Å². The number of fused-ring (bicyclic) bond motifs is 1. The standard InChI is InChI=1S/C23H25NO6/c1-14-11-18(15(2)24(14)9-6-10-29-3)21(26)13-30-23(28)19-12-20(25)16-7-4-5-8-17(16)22(19)27/h4-5,7-8,11-12,25,27H,6,9-10,13H2,1-3H3. The van der Waals surface area contributed by atoms with Crippen molar-refractivity contribution in [3.05, 3.63) is 58.9 Å². The van der Waals surface area contributed by atoms with Gasteiger partial charge in [-0.3, -0.25) is 4.79 Å². The van der Waals surface area contributed by atoms with E-state index in [0.29, 0.717) is 22.9 Å². The van der Waals surface area contributed by atoms with Crippen molar-refractivity contribution >= 4 is 22.5 Å². The lowest BCUT2D eigenvalue weighted by Crippen LogP contribution is -2.15. The van der Waals surface area contributed by atoms with Crippen LogP contribution in [0.4, 0.5) is 0 Å². The molecule has 30 heavy (non-hydrogen) atoms. The topological polar surface area (TPSA) is 98.0 Å². The highest BCUT2D eigenvalue weighted by molar-refractivity contribution is 6.05. The number of rotatable bonds is 8. The Balaban J connectivity index is 1.74. The van der Waals surface area contributed by atoms with Crippen LogP contribution in [0.15, 0.2) is 36.4 Å². The molecule has 1 aromatic heterocycles. The maximum Gasteiger partial charge on any atom is 0.342 e. The summed E-state index contributed by atoms with van der Waals surface area (Å²) in [6, 6.07) is 9.53. The first-order valence-electron chi connectivity index (χ1n) is 9.64. The second-order valence-corrected chi connectivity index (χ2v) is 7.12. The summed E-state index contributed by atoms with van der Waals surface area (Å²) in [7, 11) is 1.64. The number of ether oxygens (including phenoxy) is 2. The minimum Gasteiger partial charge on any atom is -0.507 e. The number of Topliss-reactive ketones (excluding diaryl/α,β-unsaturated/α-hetero) is 1. The third-order valence-corrected chi connectivity index (χ3v) is 5.15. The number of aryl methyl sites for hydroxylation is 1. The summed E-state index contributed by atoms with van der Waals surface area (Å²) in [5, 5.41) is 21.3. The summed E-state index contributed by atoms with van der Waals surface area (Å²) in [5.41, 5.74) is 2.04. The molecule has 0 saturated heterocycles. The molecule has 0 amide bonds. The van der Waals surface area contributed by atoms with Crippen LogP contribution in [0.25, 0.3) is 10.8 Å². The molecule has 0 aliphatic heterocycles. The first kappa shape index (κ1) is 21.4. The van der Waals surface area contributed by atoms with Gasteiger partial charge in [0.15, 0.2) is 6.61 Å². The fourth-order valence-electron chi connectivity index (χ4n) is 3.58. The predicted molar refractivity (Wildman–Crippen MR) is 112 cm³/mol. The van der Waals surface area contributed by atoms with Crippen LogP contribution < -0.4 is 0 Å². The second-order valence-electron chi connectivity index (χ2n) is 7.12. The smallest absolute Gasteiger partial charge is 0.342 e. The molecule has 0 aliphatic rings. The molecule has 0 radical (unpaired) electrons. The maximum absolute atomic E-state index is 12.6. The molecule has 3 rings (SSSR count). The van der Waals surface area contributed by atoms with E-state index >= 15 is 0 Å². The first-order chi connectivity index (χ1) is 14.3. The van der Waals surface area contributed by atoms with Crippen molar-refractivity contribution in [1.29, 1.82) is 0 Å². The predicted octanol–water partition coefficient (Wildman–Crippen LogP) is 3.75. The molecule has 3 aromatic rings. The molecule has 1 heterocycles. The number of carbonyl (C=O) groups excluding carboxylic acids is 2. The molecule has 2 N–H and O–H groups in total. The highest BCUT2D eigenvalue weighted by Crippen LogP contribution is 2.35. The van der Waals surface area contributed by atoms with Crippen LogP contribution >= 0.6 is 0 Å². The van der Waals surface area contributed by atoms with Gasteiger partial charge in [0.2, 0.25) is 5.78 Å². The van der Waals surface area contributed by atoms with E-state index in [1.54, 1.807) is 37.4 Å². The molecule has 2 aromatic carbocycles. The number of aromatic hydroxyl groups is 2. The second kappa shape index (κ2) is 9.00. The lowest BCUT2D eigenvalue weighted by atomic mass is 10.0. The third kappa shape index (κ3) is 4.16. The van der Waals surface area contributed by atoms with Crippen LogP contribution in [-0.2, 0) is 16.0 Å². The SMILES string of the molecule is COCCCn1c(C)cc(C(=O)COC(=O)c2cc(O)c3ccccc3c2O)c1C. The van der Waals surface area contributed by atoms with E-state index in [2.05, 4.69) is 0 Å². The van der Waals surface area contributed by atoms with Crippen molar-refractivity contribution in [3.63, 3.8) is 0 Å². The fraction of sp³-hybridized carbons (Fsp3) is 0.304. The molecule has 0 spiro atoms. The number of esters is 1. The lowest BCUT2D eigenvalue weighted by molar-refractivity contribution is 0.0471. The molecule has 0 bridgehead atoms. The van der Waals surface area contributed by atoms with E-state index in [0.717, 1.165) is 30.4 Å². The summed E-state index contributed by atoms with van der Waals surface area (Å²) < 4.78 is 12.2. The summed E-state index contributed by atoms with van der Waals surface area (Å²) in [6.45, 7) is 4.65. The summed E-state index contributed by atoms with van der Waals surface area (Å²) in [4.78, 5) is 25.1. The van der Waals surface area contributed by atoms with E-state index < -0.39 is 12.6 Å². The van der Waals surface area contributed by atoms with Gasteiger partial charge in [0.25, 0.3) is 0 Å². The van der Waals surface area contributed by atoms with Gasteiger partial charge in [-0.05, 0) is 32.4 Å². The van der Waals surface area contributed by atoms with Crippen LogP contribution in [-0.4, -0.2) is 46.9 Å². The van der Waals surface area contributed by atoms with Gasteiger partial charge in [0.05, 0.1) is 0 Å². The summed E-state index contributed by atoms with van der Waals surface area (Å²) >= 11 is 0. The largest absolute Gasteiger partial charge is 0.507 e. The van der Waals surface area contributed by atoms with E-state index in [1.165, 1.54) is 0 Å². The summed E-state index contributed by atoms with van der Waals surface area (Å²) in [6.07, 6.45) is 0.820. The van der Waals surface area contributed by atoms with Crippen molar-refractivity contribution in [3.8, 4) is 11.5 Å². The highest BCUT2D eigenvalue weighted by Gasteiger charge is 2.21. The molecule has 0 atom stereocenters. The number of methoxy groups -OCH3 is 1. The fourth-order valence-corrected chi connectivity index (χ4v) is 3.58. The zero-order valence-electron chi connectivity index (χ0n) is 17.3. The van der Waals surface area contributed by atoms with E-state index in [-0.39, 0.29) is 22.8 Å². The normalized spacial score (nSPS) is 11.0. The molecule has 0 aliphatic carbocycles. The Hall–Kier alpha value is -3.32. The Kier molecular flexibility index (Phi) is 6.42. The van der Waals surface area contributed by atoms with Crippen LogP contribution in [0, 0.1) is 13.8 Å². The quantitative estimate of drug-likeness (QED) is 0.254. The zero-order chi connectivity index (χ0) is 21.8. The first-order valence-corrected chi connectivity index (χ1v) is 9.64. The number of ketones is 1. The number of hydrogen-bond donors (Lipinski definition) is 2. The molecular weight excluding hydrogens is 386 g/mol. The van der Waals surface area contributed by atoms with Crippen LogP contribution in [0.2, 0.25) is 0 Å². The number of aromatic nitrogens is 1. The van der Waals surface area contributed by atoms with Gasteiger partial charge in [0.1, 0.15) is 17.1 Å². The Morgan fingerprint density at radius 2 is 1.73 bits per heavy atom. The molecule has 7 nitrogen and oxygen atoms in total. The Labute approximate surface area is 174 Å². The number of benzene rings is 2. The molecule has 0 unspecified atom stereocenters. The van der Waals surface area contributed by atoms with Gasteiger partial charge < -0.3 is 24.3 Å². The molecule has 7 heteroatoms. The van der Waals surface area contributed by atoms with Gasteiger partial charge in [-0.15, -0.1) is 0 Å². The molecular formula is C23H25NO6. The van der Waals surface area contributed by atoms with Gasteiger partial charge in [-0.1, -0.05) is 24.3 Å². The third-order valence-electron chi connectivity index (χ3n) is 5.15. The van der Waals surface area contributed by atoms with Crippen molar-refractivity contribution in [2.24, 2.45) is 0 Å². The van der Waals surface area contributed by atoms with Crippen molar-refractivity contribution in [2.75, 3.05) is 20.3 Å². The van der Waals surface area contributed by atoms with E-state index in [9.17, 15) is 19.8 Å². The Morgan fingerprint density at radius 1 is 1.03 bits per heavy atom. The molecule has 158 valence electrons. The monoisotopic (exact) mass is 411 g/mol. The van der Waals surface area contributed by atoms with Crippen LogP contribution in [0.5, 0.6) is 11.5 Å². The van der Waals surface area contributed by atoms with Crippen molar-refractivity contribution < 1.29 is 29.3 Å². The number of phenols is 2. The van der Waals surface area contributed by atoms with E-state index in [4.69, 9.17) is 9.47 Å². The minimum absolute atomic E-state index is 0.152. The van der Waals surface area contributed by atoms with Gasteiger partial charge in [-0.25, -0.2) is 4.79 Å². The van der Waals surface area contributed by atoms with Gasteiger partial charge in [-0.2, -0.15) is 0 Å². The minimum atomic E-state index is -0.879. The average Bonchev–Trinajstić information content (AvgIpc) is 3.03. The van der Waals surface area contributed by atoms with Crippen molar-refractivity contribution in [1.82, 2.24) is 4.57 Å². The van der Waals surface area contributed by atoms with Gasteiger partial charge in [0, 0.05) is 48.0 Å². The Morgan fingerprint density at radius 3 is 2.43 bits per heavy atom. The number of hydrogen-bond acceptors (Lipinski definition) is 6. The summed E-state index contributed by atoms with van der Waals surface area (Å²) in [5.74, 6) is -1.66. The van der Waals surface area contributed by atoms with Crippen LogP contribution in [0.1, 0.15) is 38.5 Å². The number of carbonyl (C=O) groups is 2. The number of nitrogens with zero attached hydrogens (tertiary/aromatic N) is 1. The average molecular weight is 411 g/mol. The molecule has 0 saturated carbocycles. The number of phenolic OH excluding ortho intramolecular Hbond substituents is 2. The van der Waals surface area contributed by atoms with Crippen LogP contribution in [0.3, 0.4) is 0 Å². The lowest BCUT2D eigenvalue weighted by Gasteiger charge is -2.10. The Bertz CT molecular complexity index is 1100. The molecule has 0 fully saturated rings. The zero-order valence-corrected chi connectivity index (χ0v) is 17.3. The van der Waals surface area contributed by atoms with E-state index in [1.807, 2.05) is 18.4 Å². The maximum atomic E-state index is 12.6. The van der Waals surface area contributed by atoms with Gasteiger partial charge >= 0.3 is 5.97 Å². The highest BCUT2D eigenvalue weighted by atomic mass is 16.5.